The van der Waals surface area contributed by atoms with Crippen molar-refractivity contribution in [2.24, 2.45) is 0 Å². The number of nitrogens with zero attached hydrogens (tertiary/aromatic N) is 2. The summed E-state index contributed by atoms with van der Waals surface area (Å²) in [6, 6.07) is 4.07. The van der Waals surface area contributed by atoms with E-state index in [0.29, 0.717) is 11.4 Å². The molecule has 0 spiro atoms. The van der Waals surface area contributed by atoms with Crippen LogP contribution in [0.25, 0.3) is 21.9 Å². The van der Waals surface area contributed by atoms with Gasteiger partial charge in [0.1, 0.15) is 5.65 Å². The van der Waals surface area contributed by atoms with Crippen LogP contribution in [0.3, 0.4) is 0 Å². The first-order chi connectivity index (χ1) is 9.76. The van der Waals surface area contributed by atoms with Gasteiger partial charge in [0, 0.05) is 36.1 Å². The summed E-state index contributed by atoms with van der Waals surface area (Å²) >= 11 is 0. The molecule has 0 aliphatic carbocycles. The van der Waals surface area contributed by atoms with E-state index in [2.05, 4.69) is 28.4 Å². The first kappa shape index (κ1) is 12.9. The van der Waals surface area contributed by atoms with Crippen molar-refractivity contribution in [3.63, 3.8) is 0 Å². The molecule has 0 aliphatic rings. The fraction of sp³-hybridized carbons (Fsp3) is 0.375. The summed E-state index contributed by atoms with van der Waals surface area (Å²) in [7, 11) is 0. The molecule has 1 atom stereocenters. The van der Waals surface area contributed by atoms with E-state index in [9.17, 15) is 4.79 Å². The van der Waals surface area contributed by atoms with Gasteiger partial charge >= 0.3 is 0 Å². The van der Waals surface area contributed by atoms with Crippen LogP contribution in [-0.4, -0.2) is 14.5 Å². The van der Waals surface area contributed by atoms with Gasteiger partial charge in [-0.05, 0) is 18.9 Å². The van der Waals surface area contributed by atoms with Gasteiger partial charge < -0.3 is 9.55 Å². The Morgan fingerprint density at radius 1 is 1.30 bits per heavy atom. The van der Waals surface area contributed by atoms with Gasteiger partial charge in [0.25, 0.3) is 0 Å². The van der Waals surface area contributed by atoms with Crippen LogP contribution >= 0.6 is 0 Å². The van der Waals surface area contributed by atoms with Gasteiger partial charge in [0.2, 0.25) is 0 Å². The standard InChI is InChI=1S/C16H19N3O/c1-3-5-11(4-2)19-9-7-14(20)13-10-18-16-12(15(13)19)6-8-17-16/h6-11H,3-5H2,1-2H3,(H,17,18). The third-order valence-corrected chi connectivity index (χ3v) is 3.95. The highest BCUT2D eigenvalue weighted by Gasteiger charge is 2.14. The number of rotatable bonds is 4. The molecule has 0 saturated carbocycles. The Balaban J connectivity index is 2.39. The normalized spacial score (nSPS) is 13.1. The largest absolute Gasteiger partial charge is 0.346 e. The number of nitrogens with one attached hydrogen (secondary N) is 1. The number of aromatic amines is 1. The van der Waals surface area contributed by atoms with Crippen LogP contribution in [0.1, 0.15) is 39.2 Å². The minimum Gasteiger partial charge on any atom is -0.346 e. The van der Waals surface area contributed by atoms with Crippen LogP contribution in [0.5, 0.6) is 0 Å². The SMILES string of the molecule is CCCC(CC)n1ccc(=O)c2cnc3[nH]ccc3c21. The average molecular weight is 269 g/mol. The smallest absolute Gasteiger partial charge is 0.190 e. The lowest BCUT2D eigenvalue weighted by Gasteiger charge is -2.21. The number of H-pyrrole nitrogens is 1. The molecule has 0 amide bonds. The molecule has 0 aliphatic heterocycles. The van der Waals surface area contributed by atoms with Crippen molar-refractivity contribution in [1.29, 1.82) is 0 Å². The maximum atomic E-state index is 12.1. The zero-order chi connectivity index (χ0) is 14.1. The highest BCUT2D eigenvalue weighted by molar-refractivity contribution is 6.02. The van der Waals surface area contributed by atoms with E-state index in [0.717, 1.165) is 35.8 Å². The molecule has 0 fully saturated rings. The van der Waals surface area contributed by atoms with Crippen molar-refractivity contribution in [3.8, 4) is 0 Å². The first-order valence-corrected chi connectivity index (χ1v) is 7.23. The monoisotopic (exact) mass is 269 g/mol. The van der Waals surface area contributed by atoms with E-state index in [1.54, 1.807) is 12.3 Å². The summed E-state index contributed by atoms with van der Waals surface area (Å²) in [6.07, 6.45) is 8.79. The summed E-state index contributed by atoms with van der Waals surface area (Å²) in [5, 5.41) is 1.73. The summed E-state index contributed by atoms with van der Waals surface area (Å²) < 4.78 is 2.25. The van der Waals surface area contributed by atoms with Crippen molar-refractivity contribution in [2.45, 2.75) is 39.2 Å². The van der Waals surface area contributed by atoms with Crippen molar-refractivity contribution in [1.82, 2.24) is 14.5 Å². The fourth-order valence-corrected chi connectivity index (χ4v) is 2.94. The summed E-state index contributed by atoms with van der Waals surface area (Å²) in [6.45, 7) is 4.39. The topological polar surface area (TPSA) is 50.7 Å². The van der Waals surface area contributed by atoms with Gasteiger partial charge in [-0.1, -0.05) is 20.3 Å². The first-order valence-electron chi connectivity index (χ1n) is 7.23. The number of fused-ring (bicyclic) bond motifs is 3. The van der Waals surface area contributed by atoms with Crippen LogP contribution in [0.15, 0.2) is 35.5 Å². The Morgan fingerprint density at radius 3 is 2.90 bits per heavy atom. The van der Waals surface area contributed by atoms with Crippen LogP contribution in [0.2, 0.25) is 0 Å². The van der Waals surface area contributed by atoms with Crippen LogP contribution < -0.4 is 5.43 Å². The number of pyridine rings is 2. The molecule has 0 bridgehead atoms. The van der Waals surface area contributed by atoms with Crippen molar-refractivity contribution in [2.75, 3.05) is 0 Å². The van der Waals surface area contributed by atoms with Crippen molar-refractivity contribution >= 4 is 21.9 Å². The van der Waals surface area contributed by atoms with E-state index in [-0.39, 0.29) is 5.43 Å². The molecule has 3 rings (SSSR count). The van der Waals surface area contributed by atoms with Crippen molar-refractivity contribution in [3.05, 3.63) is 40.9 Å². The number of hydrogen-bond acceptors (Lipinski definition) is 2. The molecule has 1 N–H and O–H groups in total. The Bertz CT molecular complexity index is 800. The molecule has 0 saturated heterocycles. The van der Waals surface area contributed by atoms with Gasteiger partial charge in [0.15, 0.2) is 5.43 Å². The Labute approximate surface area is 117 Å². The Kier molecular flexibility index (Phi) is 3.30. The lowest BCUT2D eigenvalue weighted by molar-refractivity contribution is 0.458. The average Bonchev–Trinajstić information content (AvgIpc) is 2.94. The second-order valence-corrected chi connectivity index (χ2v) is 5.20. The van der Waals surface area contributed by atoms with E-state index in [1.165, 1.54) is 0 Å². The van der Waals surface area contributed by atoms with Crippen LogP contribution in [-0.2, 0) is 0 Å². The van der Waals surface area contributed by atoms with E-state index in [4.69, 9.17) is 0 Å². The van der Waals surface area contributed by atoms with Gasteiger partial charge in [-0.25, -0.2) is 4.98 Å². The molecule has 20 heavy (non-hydrogen) atoms. The molecule has 0 aromatic carbocycles. The van der Waals surface area contributed by atoms with Crippen molar-refractivity contribution < 1.29 is 0 Å². The summed E-state index contributed by atoms with van der Waals surface area (Å²) in [5.41, 5.74) is 1.88. The summed E-state index contributed by atoms with van der Waals surface area (Å²) in [5.74, 6) is 0. The van der Waals surface area contributed by atoms with E-state index < -0.39 is 0 Å². The lowest BCUT2D eigenvalue weighted by Crippen LogP contribution is -2.14. The van der Waals surface area contributed by atoms with Crippen LogP contribution in [0, 0.1) is 0 Å². The highest BCUT2D eigenvalue weighted by Crippen LogP contribution is 2.26. The van der Waals surface area contributed by atoms with E-state index >= 15 is 0 Å². The molecule has 3 aromatic heterocycles. The third kappa shape index (κ3) is 1.92. The maximum Gasteiger partial charge on any atom is 0.190 e. The predicted molar refractivity (Wildman–Crippen MR) is 82.1 cm³/mol. The quantitative estimate of drug-likeness (QED) is 0.786. The maximum absolute atomic E-state index is 12.1. The Hall–Kier alpha value is -2.10. The zero-order valence-corrected chi connectivity index (χ0v) is 11.9. The molecule has 4 heteroatoms. The van der Waals surface area contributed by atoms with Gasteiger partial charge in [-0.3, -0.25) is 4.79 Å². The molecule has 3 aromatic rings. The molecule has 4 nitrogen and oxygen atoms in total. The van der Waals surface area contributed by atoms with Gasteiger partial charge in [-0.2, -0.15) is 0 Å². The van der Waals surface area contributed by atoms with Gasteiger partial charge in [-0.15, -0.1) is 0 Å². The van der Waals surface area contributed by atoms with E-state index in [1.807, 2.05) is 18.5 Å². The van der Waals surface area contributed by atoms with Crippen LogP contribution in [0.4, 0.5) is 0 Å². The number of aromatic nitrogens is 3. The highest BCUT2D eigenvalue weighted by atomic mass is 16.1. The molecule has 0 radical (unpaired) electrons. The molecular formula is C16H19N3O. The zero-order valence-electron chi connectivity index (χ0n) is 11.9. The third-order valence-electron chi connectivity index (χ3n) is 3.95. The molecule has 104 valence electrons. The Morgan fingerprint density at radius 2 is 2.15 bits per heavy atom. The minimum absolute atomic E-state index is 0.0400. The second kappa shape index (κ2) is 5.12. The lowest BCUT2D eigenvalue weighted by atomic mass is 10.1. The molecular weight excluding hydrogens is 250 g/mol. The second-order valence-electron chi connectivity index (χ2n) is 5.20. The fourth-order valence-electron chi connectivity index (χ4n) is 2.94. The predicted octanol–water partition coefficient (Wildman–Crippen LogP) is 3.63. The van der Waals surface area contributed by atoms with Gasteiger partial charge in [0.05, 0.1) is 10.9 Å². The molecule has 3 heterocycles. The number of hydrogen-bond donors (Lipinski definition) is 1. The molecule has 1 unspecified atom stereocenters. The summed E-state index contributed by atoms with van der Waals surface area (Å²) in [4.78, 5) is 19.6. The minimum atomic E-state index is 0.0400.